The van der Waals surface area contributed by atoms with Crippen LogP contribution in [0.5, 0.6) is 0 Å². The first-order chi connectivity index (χ1) is 7.81. The number of methoxy groups -OCH3 is 1. The smallest absolute Gasteiger partial charge is 0.250 e. The summed E-state index contributed by atoms with van der Waals surface area (Å²) in [4.78, 5) is 11.4. The highest BCUT2D eigenvalue weighted by Crippen LogP contribution is 2.22. The lowest BCUT2D eigenvalue weighted by atomic mass is 9.99. The van der Waals surface area contributed by atoms with E-state index < -0.39 is 0 Å². The molecular weight excluding hydrogens is 204 g/mol. The summed E-state index contributed by atoms with van der Waals surface area (Å²) in [6.07, 6.45) is 0.957. The van der Waals surface area contributed by atoms with Crippen LogP contribution < -0.4 is 10.6 Å². The number of hydrogen-bond acceptors (Lipinski definition) is 3. The van der Waals surface area contributed by atoms with Crippen molar-refractivity contribution in [1.82, 2.24) is 5.32 Å². The Balaban J connectivity index is 2.17. The van der Waals surface area contributed by atoms with Crippen LogP contribution in [0.2, 0.25) is 0 Å². The number of carbonyl (C=O) groups is 1. The highest BCUT2D eigenvalue weighted by molar-refractivity contribution is 5.92. The molecule has 0 bridgehead atoms. The second-order valence-corrected chi connectivity index (χ2v) is 3.85. The molecule has 0 aromatic heterocycles. The fraction of sp³-hybridized carbons (Fsp3) is 0.417. The minimum atomic E-state index is -0.102. The summed E-state index contributed by atoms with van der Waals surface area (Å²) in [6.45, 7) is 1.94. The highest BCUT2D eigenvalue weighted by Gasteiger charge is 2.13. The maximum absolute atomic E-state index is 11.4. The fourth-order valence-corrected chi connectivity index (χ4v) is 1.97. The standard InChI is InChI=1S/C12H16N2O2/c1-16-8-12(15)14-11-4-2-3-9-7-13-6-5-10(9)11/h2-4,13H,5-8H2,1H3,(H,14,15). The Morgan fingerprint density at radius 2 is 2.44 bits per heavy atom. The summed E-state index contributed by atoms with van der Waals surface area (Å²) in [5, 5.41) is 6.19. The van der Waals surface area contributed by atoms with Gasteiger partial charge in [0.15, 0.2) is 0 Å². The van der Waals surface area contributed by atoms with Crippen molar-refractivity contribution in [3.63, 3.8) is 0 Å². The molecule has 2 N–H and O–H groups in total. The molecular formula is C12H16N2O2. The molecule has 4 heteroatoms. The Bertz CT molecular complexity index is 391. The molecule has 0 spiro atoms. The van der Waals surface area contributed by atoms with Gasteiger partial charge in [0.2, 0.25) is 5.91 Å². The second kappa shape index (κ2) is 5.09. The molecule has 0 saturated carbocycles. The third kappa shape index (κ3) is 2.40. The van der Waals surface area contributed by atoms with E-state index in [1.54, 1.807) is 0 Å². The molecule has 16 heavy (non-hydrogen) atoms. The van der Waals surface area contributed by atoms with Gasteiger partial charge in [-0.25, -0.2) is 0 Å². The van der Waals surface area contributed by atoms with E-state index in [-0.39, 0.29) is 12.5 Å². The zero-order valence-electron chi connectivity index (χ0n) is 9.38. The molecule has 1 aromatic rings. The summed E-state index contributed by atoms with van der Waals surface area (Å²) < 4.78 is 4.80. The van der Waals surface area contributed by atoms with E-state index in [2.05, 4.69) is 16.7 Å². The van der Waals surface area contributed by atoms with Crippen LogP contribution in [0, 0.1) is 0 Å². The molecule has 4 nitrogen and oxygen atoms in total. The molecule has 0 fully saturated rings. The number of nitrogens with one attached hydrogen (secondary N) is 2. The van der Waals surface area contributed by atoms with Crippen molar-refractivity contribution in [2.24, 2.45) is 0 Å². The lowest BCUT2D eigenvalue weighted by molar-refractivity contribution is -0.119. The van der Waals surface area contributed by atoms with Crippen molar-refractivity contribution in [2.75, 3.05) is 25.6 Å². The molecule has 86 valence electrons. The van der Waals surface area contributed by atoms with Crippen LogP contribution in [0.15, 0.2) is 18.2 Å². The lowest BCUT2D eigenvalue weighted by Crippen LogP contribution is -2.26. The Kier molecular flexibility index (Phi) is 3.54. The van der Waals surface area contributed by atoms with Gasteiger partial charge < -0.3 is 15.4 Å². The van der Waals surface area contributed by atoms with E-state index in [1.807, 2.05) is 12.1 Å². The van der Waals surface area contributed by atoms with Crippen molar-refractivity contribution in [3.8, 4) is 0 Å². The number of rotatable bonds is 3. The second-order valence-electron chi connectivity index (χ2n) is 3.85. The van der Waals surface area contributed by atoms with Gasteiger partial charge in [-0.3, -0.25) is 4.79 Å². The maximum Gasteiger partial charge on any atom is 0.250 e. The molecule has 0 aliphatic carbocycles. The van der Waals surface area contributed by atoms with E-state index in [1.165, 1.54) is 18.2 Å². The van der Waals surface area contributed by atoms with Crippen molar-refractivity contribution in [2.45, 2.75) is 13.0 Å². The SMILES string of the molecule is COCC(=O)Nc1cccc2c1CCNC2. The van der Waals surface area contributed by atoms with E-state index in [9.17, 15) is 4.79 Å². The molecule has 1 aliphatic heterocycles. The summed E-state index contributed by atoms with van der Waals surface area (Å²) in [6, 6.07) is 6.00. The Morgan fingerprint density at radius 1 is 1.56 bits per heavy atom. The van der Waals surface area contributed by atoms with Crippen molar-refractivity contribution in [3.05, 3.63) is 29.3 Å². The monoisotopic (exact) mass is 220 g/mol. The molecule has 1 amide bonds. The number of anilines is 1. The summed E-state index contributed by atoms with van der Waals surface area (Å²) in [5.74, 6) is -0.102. The number of ether oxygens (including phenoxy) is 1. The van der Waals surface area contributed by atoms with E-state index in [0.717, 1.165) is 25.2 Å². The van der Waals surface area contributed by atoms with Crippen molar-refractivity contribution in [1.29, 1.82) is 0 Å². The number of hydrogen-bond donors (Lipinski definition) is 2. The number of carbonyl (C=O) groups excluding carboxylic acids is 1. The third-order valence-electron chi connectivity index (χ3n) is 2.69. The molecule has 1 aromatic carbocycles. The van der Waals surface area contributed by atoms with Gasteiger partial charge in [0.25, 0.3) is 0 Å². The van der Waals surface area contributed by atoms with Gasteiger partial charge in [-0.15, -0.1) is 0 Å². The summed E-state index contributed by atoms with van der Waals surface area (Å²) in [5.41, 5.74) is 3.42. The van der Waals surface area contributed by atoms with Gasteiger partial charge in [-0.2, -0.15) is 0 Å². The quantitative estimate of drug-likeness (QED) is 0.796. The molecule has 1 heterocycles. The zero-order valence-corrected chi connectivity index (χ0v) is 9.38. The summed E-state index contributed by atoms with van der Waals surface area (Å²) >= 11 is 0. The molecule has 0 saturated heterocycles. The highest BCUT2D eigenvalue weighted by atomic mass is 16.5. The Morgan fingerprint density at radius 3 is 3.25 bits per heavy atom. The molecule has 1 aliphatic rings. The van der Waals surface area contributed by atoms with Crippen LogP contribution in [0.1, 0.15) is 11.1 Å². The summed E-state index contributed by atoms with van der Waals surface area (Å²) in [7, 11) is 1.52. The predicted octanol–water partition coefficient (Wildman–Crippen LogP) is 0.917. The number of benzene rings is 1. The predicted molar refractivity (Wildman–Crippen MR) is 62.4 cm³/mol. The normalized spacial score (nSPS) is 14.3. The van der Waals surface area contributed by atoms with Crippen LogP contribution in [-0.2, 0) is 22.5 Å². The van der Waals surface area contributed by atoms with E-state index >= 15 is 0 Å². The molecule has 0 radical (unpaired) electrons. The van der Waals surface area contributed by atoms with Crippen LogP contribution in [0.3, 0.4) is 0 Å². The van der Waals surface area contributed by atoms with Gasteiger partial charge in [-0.1, -0.05) is 12.1 Å². The lowest BCUT2D eigenvalue weighted by Gasteiger charge is -2.20. The first-order valence-corrected chi connectivity index (χ1v) is 5.41. The van der Waals surface area contributed by atoms with Crippen LogP contribution in [0.25, 0.3) is 0 Å². The number of amides is 1. The van der Waals surface area contributed by atoms with E-state index in [4.69, 9.17) is 4.74 Å². The number of fused-ring (bicyclic) bond motifs is 1. The largest absolute Gasteiger partial charge is 0.375 e. The average Bonchev–Trinajstić information content (AvgIpc) is 2.30. The van der Waals surface area contributed by atoms with Gasteiger partial charge in [-0.05, 0) is 30.2 Å². The molecule has 0 unspecified atom stereocenters. The average molecular weight is 220 g/mol. The Hall–Kier alpha value is -1.39. The maximum atomic E-state index is 11.4. The fourth-order valence-electron chi connectivity index (χ4n) is 1.97. The van der Waals surface area contributed by atoms with Crippen molar-refractivity contribution >= 4 is 11.6 Å². The van der Waals surface area contributed by atoms with Crippen LogP contribution in [-0.4, -0.2) is 26.2 Å². The minimum absolute atomic E-state index is 0.0991. The first-order valence-electron chi connectivity index (χ1n) is 5.41. The van der Waals surface area contributed by atoms with Gasteiger partial charge >= 0.3 is 0 Å². The van der Waals surface area contributed by atoms with Gasteiger partial charge in [0, 0.05) is 19.3 Å². The third-order valence-corrected chi connectivity index (χ3v) is 2.69. The molecule has 2 rings (SSSR count). The van der Waals surface area contributed by atoms with Crippen LogP contribution >= 0.6 is 0 Å². The Labute approximate surface area is 95.0 Å². The van der Waals surface area contributed by atoms with Gasteiger partial charge in [0.05, 0.1) is 0 Å². The first kappa shape index (κ1) is 11.1. The van der Waals surface area contributed by atoms with Crippen LogP contribution in [0.4, 0.5) is 5.69 Å². The minimum Gasteiger partial charge on any atom is -0.375 e. The molecule has 0 atom stereocenters. The zero-order chi connectivity index (χ0) is 11.4. The topological polar surface area (TPSA) is 50.4 Å². The van der Waals surface area contributed by atoms with Gasteiger partial charge in [0.1, 0.15) is 6.61 Å². The van der Waals surface area contributed by atoms with E-state index in [0.29, 0.717) is 0 Å². The van der Waals surface area contributed by atoms with Crippen molar-refractivity contribution < 1.29 is 9.53 Å².